The van der Waals surface area contributed by atoms with Gasteiger partial charge in [0.05, 0.1) is 0 Å². The number of hydrogen-bond acceptors (Lipinski definition) is 3. The highest BCUT2D eigenvalue weighted by Gasteiger charge is 2.27. The lowest BCUT2D eigenvalue weighted by Crippen LogP contribution is -2.44. The van der Waals surface area contributed by atoms with Gasteiger partial charge in [-0.3, -0.25) is 4.79 Å². The molecule has 0 fully saturated rings. The van der Waals surface area contributed by atoms with Crippen molar-refractivity contribution in [3.05, 3.63) is 35.9 Å². The molecule has 2 N–H and O–H groups in total. The number of carboxylic acid groups (broad SMARTS) is 1. The third-order valence-electron chi connectivity index (χ3n) is 3.00. The van der Waals surface area contributed by atoms with Crippen molar-refractivity contribution in [2.75, 3.05) is 6.61 Å². The Morgan fingerprint density at radius 3 is 2.33 bits per heavy atom. The quantitative estimate of drug-likeness (QED) is 0.771. The Hall–Kier alpha value is -1.88. The normalized spacial score (nSPS) is 13.7. The first kappa shape index (κ1) is 17.2. The Balaban J connectivity index is 2.83. The van der Waals surface area contributed by atoms with Crippen LogP contribution in [0.1, 0.15) is 38.9 Å². The highest BCUT2D eigenvalue weighted by atomic mass is 16.5. The molecule has 0 heterocycles. The van der Waals surface area contributed by atoms with Crippen molar-refractivity contribution < 1.29 is 19.4 Å². The number of nitrogens with one attached hydrogen (secondary N) is 1. The summed E-state index contributed by atoms with van der Waals surface area (Å²) < 4.78 is 5.47. The Morgan fingerprint density at radius 1 is 1.24 bits per heavy atom. The van der Waals surface area contributed by atoms with E-state index in [1.54, 1.807) is 19.1 Å². The number of benzene rings is 1. The summed E-state index contributed by atoms with van der Waals surface area (Å²) in [5.41, 5.74) is 0.713. The first-order chi connectivity index (χ1) is 9.95. The van der Waals surface area contributed by atoms with Gasteiger partial charge < -0.3 is 15.2 Å². The van der Waals surface area contributed by atoms with Gasteiger partial charge in [-0.1, -0.05) is 44.2 Å². The van der Waals surface area contributed by atoms with Crippen LogP contribution in [0.4, 0.5) is 0 Å². The molecule has 0 aliphatic heterocycles. The van der Waals surface area contributed by atoms with Gasteiger partial charge in [-0.15, -0.1) is 0 Å². The minimum Gasteiger partial charge on any atom is -0.480 e. The van der Waals surface area contributed by atoms with Gasteiger partial charge in [0.15, 0.2) is 6.10 Å². The number of carboxylic acids is 1. The molecule has 2 atom stereocenters. The maximum absolute atomic E-state index is 12.3. The van der Waals surface area contributed by atoms with E-state index in [0.29, 0.717) is 18.6 Å². The maximum atomic E-state index is 12.3. The molecule has 5 nitrogen and oxygen atoms in total. The zero-order valence-corrected chi connectivity index (χ0v) is 12.7. The first-order valence-electron chi connectivity index (χ1n) is 7.15. The Labute approximate surface area is 125 Å². The fraction of sp³-hybridized carbons (Fsp3) is 0.500. The predicted molar refractivity (Wildman–Crippen MR) is 79.8 cm³/mol. The number of hydrogen-bond donors (Lipinski definition) is 2. The largest absolute Gasteiger partial charge is 0.480 e. The molecule has 0 aliphatic carbocycles. The van der Waals surface area contributed by atoms with Crippen molar-refractivity contribution in [3.63, 3.8) is 0 Å². The van der Waals surface area contributed by atoms with Crippen LogP contribution in [0.5, 0.6) is 0 Å². The average Bonchev–Trinajstić information content (AvgIpc) is 2.44. The van der Waals surface area contributed by atoms with Crippen molar-refractivity contribution in [1.82, 2.24) is 5.32 Å². The second-order valence-electron chi connectivity index (χ2n) is 5.28. The van der Waals surface area contributed by atoms with Crippen LogP contribution in [-0.4, -0.2) is 29.6 Å². The monoisotopic (exact) mass is 293 g/mol. The van der Waals surface area contributed by atoms with E-state index in [4.69, 9.17) is 4.74 Å². The fourth-order valence-electron chi connectivity index (χ4n) is 2.06. The number of carbonyl (C=O) groups is 2. The summed E-state index contributed by atoms with van der Waals surface area (Å²) in [7, 11) is 0. The molecule has 0 aromatic heterocycles. The van der Waals surface area contributed by atoms with Crippen molar-refractivity contribution in [3.8, 4) is 0 Å². The van der Waals surface area contributed by atoms with E-state index in [1.165, 1.54) is 0 Å². The van der Waals surface area contributed by atoms with Crippen LogP contribution in [0.25, 0.3) is 0 Å². The minimum absolute atomic E-state index is 0.175. The molecule has 116 valence electrons. The lowest BCUT2D eigenvalue weighted by atomic mass is 10.0. The van der Waals surface area contributed by atoms with E-state index in [2.05, 4.69) is 5.32 Å². The Bertz CT molecular complexity index is 459. The second kappa shape index (κ2) is 8.42. The third-order valence-corrected chi connectivity index (χ3v) is 3.00. The van der Waals surface area contributed by atoms with E-state index in [9.17, 15) is 14.7 Å². The molecule has 0 saturated heterocycles. The van der Waals surface area contributed by atoms with Gasteiger partial charge in [-0.25, -0.2) is 4.79 Å². The standard InChI is InChI=1S/C16H23NO4/c1-4-21-14(12-8-6-5-7-9-12)15(18)17-13(16(19)20)10-11(2)3/h5-9,11,13-14H,4,10H2,1-3H3,(H,17,18)(H,19,20). The van der Waals surface area contributed by atoms with Gasteiger partial charge in [0.2, 0.25) is 0 Å². The molecule has 1 aromatic carbocycles. The highest BCUT2D eigenvalue weighted by molar-refractivity contribution is 5.87. The Kier molecular flexibility index (Phi) is 6.88. The summed E-state index contributed by atoms with van der Waals surface area (Å²) >= 11 is 0. The molecular weight excluding hydrogens is 270 g/mol. The predicted octanol–water partition coefficient (Wildman–Crippen LogP) is 2.38. The average molecular weight is 293 g/mol. The lowest BCUT2D eigenvalue weighted by Gasteiger charge is -2.21. The lowest BCUT2D eigenvalue weighted by molar-refractivity contribution is -0.145. The molecular formula is C16H23NO4. The van der Waals surface area contributed by atoms with E-state index in [0.717, 1.165) is 0 Å². The molecule has 1 rings (SSSR count). The third kappa shape index (κ3) is 5.55. The van der Waals surface area contributed by atoms with Crippen LogP contribution in [0.2, 0.25) is 0 Å². The van der Waals surface area contributed by atoms with E-state index < -0.39 is 24.0 Å². The van der Waals surface area contributed by atoms with Crippen molar-refractivity contribution >= 4 is 11.9 Å². The molecule has 2 unspecified atom stereocenters. The van der Waals surface area contributed by atoms with Crippen molar-refractivity contribution in [2.24, 2.45) is 5.92 Å². The van der Waals surface area contributed by atoms with Crippen LogP contribution in [0.15, 0.2) is 30.3 Å². The summed E-state index contributed by atoms with van der Waals surface area (Å²) in [5, 5.41) is 11.8. The summed E-state index contributed by atoms with van der Waals surface area (Å²) in [4.78, 5) is 23.6. The summed E-state index contributed by atoms with van der Waals surface area (Å²) in [6.45, 7) is 6.00. The molecule has 1 amide bonds. The minimum atomic E-state index is -1.03. The molecule has 0 saturated carbocycles. The van der Waals surface area contributed by atoms with Gasteiger partial charge in [0.25, 0.3) is 5.91 Å². The topological polar surface area (TPSA) is 75.6 Å². The number of ether oxygens (including phenoxy) is 1. The van der Waals surface area contributed by atoms with Gasteiger partial charge in [-0.05, 0) is 24.8 Å². The fourth-order valence-corrected chi connectivity index (χ4v) is 2.06. The molecule has 1 aromatic rings. The van der Waals surface area contributed by atoms with E-state index in [1.807, 2.05) is 32.0 Å². The van der Waals surface area contributed by atoms with Crippen molar-refractivity contribution in [2.45, 2.75) is 39.3 Å². The Morgan fingerprint density at radius 2 is 1.86 bits per heavy atom. The van der Waals surface area contributed by atoms with Crippen LogP contribution in [0.3, 0.4) is 0 Å². The number of rotatable bonds is 8. The first-order valence-corrected chi connectivity index (χ1v) is 7.15. The summed E-state index contributed by atoms with van der Waals surface area (Å²) in [6, 6.07) is 8.16. The van der Waals surface area contributed by atoms with Gasteiger partial charge in [0.1, 0.15) is 6.04 Å². The van der Waals surface area contributed by atoms with E-state index >= 15 is 0 Å². The van der Waals surface area contributed by atoms with Gasteiger partial charge in [-0.2, -0.15) is 0 Å². The van der Waals surface area contributed by atoms with Crippen molar-refractivity contribution in [1.29, 1.82) is 0 Å². The SMILES string of the molecule is CCOC(C(=O)NC(CC(C)C)C(=O)O)c1ccccc1. The molecule has 0 spiro atoms. The highest BCUT2D eigenvalue weighted by Crippen LogP contribution is 2.18. The van der Waals surface area contributed by atoms with Crippen LogP contribution < -0.4 is 5.32 Å². The molecule has 0 aliphatic rings. The number of carbonyl (C=O) groups excluding carboxylic acids is 1. The molecule has 5 heteroatoms. The van der Waals surface area contributed by atoms with E-state index in [-0.39, 0.29) is 5.92 Å². The summed E-state index contributed by atoms with van der Waals surface area (Å²) in [5.74, 6) is -1.27. The van der Waals surface area contributed by atoms with Crippen LogP contribution in [0, 0.1) is 5.92 Å². The smallest absolute Gasteiger partial charge is 0.326 e. The molecule has 0 radical (unpaired) electrons. The van der Waals surface area contributed by atoms with Crippen LogP contribution in [-0.2, 0) is 14.3 Å². The zero-order chi connectivity index (χ0) is 15.8. The maximum Gasteiger partial charge on any atom is 0.326 e. The molecule has 21 heavy (non-hydrogen) atoms. The zero-order valence-electron chi connectivity index (χ0n) is 12.7. The number of amides is 1. The van der Waals surface area contributed by atoms with Gasteiger partial charge in [0, 0.05) is 6.61 Å². The van der Waals surface area contributed by atoms with Gasteiger partial charge >= 0.3 is 5.97 Å². The molecule has 0 bridgehead atoms. The second-order valence-corrected chi connectivity index (χ2v) is 5.28. The van der Waals surface area contributed by atoms with Crippen LogP contribution >= 0.6 is 0 Å². The summed E-state index contributed by atoms with van der Waals surface area (Å²) in [6.07, 6.45) is -0.403. The number of aliphatic carboxylic acids is 1.